The van der Waals surface area contributed by atoms with Crippen LogP contribution >= 0.6 is 11.3 Å². The van der Waals surface area contributed by atoms with Crippen LogP contribution in [-0.2, 0) is 14.3 Å². The van der Waals surface area contributed by atoms with E-state index in [0.717, 1.165) is 40.6 Å². The lowest BCUT2D eigenvalue weighted by atomic mass is 10.1. The van der Waals surface area contributed by atoms with Crippen LogP contribution in [0.4, 0.5) is 5.69 Å². The number of anilines is 1. The minimum absolute atomic E-state index is 0.0447. The zero-order valence-electron chi connectivity index (χ0n) is 17.6. The molecule has 0 saturated carbocycles. The van der Waals surface area contributed by atoms with Crippen LogP contribution in [0.2, 0.25) is 0 Å². The average Bonchev–Trinajstić information content (AvgIpc) is 3.37. The highest BCUT2D eigenvalue weighted by atomic mass is 32.1. The maximum Gasteiger partial charge on any atom is 0.268 e. The Morgan fingerprint density at radius 3 is 2.87 bits per heavy atom. The first-order chi connectivity index (χ1) is 14.5. The Labute approximate surface area is 180 Å². The molecule has 0 bridgehead atoms. The van der Waals surface area contributed by atoms with Crippen LogP contribution in [0, 0.1) is 13.8 Å². The van der Waals surface area contributed by atoms with Gasteiger partial charge in [0, 0.05) is 23.6 Å². The Balaban J connectivity index is 1.59. The van der Waals surface area contributed by atoms with Gasteiger partial charge >= 0.3 is 0 Å². The molecule has 8 heteroatoms. The fourth-order valence-electron chi connectivity index (χ4n) is 3.92. The van der Waals surface area contributed by atoms with Gasteiger partial charge in [0.15, 0.2) is 6.10 Å². The number of nitrogens with one attached hydrogen (secondary N) is 1. The van der Waals surface area contributed by atoms with E-state index in [1.807, 2.05) is 39.0 Å². The van der Waals surface area contributed by atoms with Gasteiger partial charge in [-0.05, 0) is 51.3 Å². The molecular weight excluding hydrogens is 402 g/mol. The largest absolute Gasteiger partial charge is 0.478 e. The zero-order chi connectivity index (χ0) is 21.3. The van der Waals surface area contributed by atoms with E-state index >= 15 is 0 Å². The van der Waals surface area contributed by atoms with Gasteiger partial charge < -0.3 is 14.8 Å². The summed E-state index contributed by atoms with van der Waals surface area (Å²) < 4.78 is 11.5. The van der Waals surface area contributed by atoms with Crippen LogP contribution in [0.5, 0.6) is 5.75 Å². The van der Waals surface area contributed by atoms with Crippen molar-refractivity contribution in [2.24, 2.45) is 0 Å². The number of carbonyl (C=O) groups is 2. The van der Waals surface area contributed by atoms with Crippen LogP contribution < -0.4 is 15.0 Å². The number of nitrogens with zero attached hydrogens (tertiary/aromatic N) is 2. The zero-order valence-corrected chi connectivity index (χ0v) is 18.4. The second-order valence-electron chi connectivity index (χ2n) is 7.70. The number of fused-ring (bicyclic) bond motifs is 1. The number of ether oxygens (including phenoxy) is 2. The third kappa shape index (κ3) is 4.20. The first-order valence-corrected chi connectivity index (χ1v) is 11.2. The van der Waals surface area contributed by atoms with Gasteiger partial charge in [0.1, 0.15) is 12.3 Å². The highest BCUT2D eigenvalue weighted by Gasteiger charge is 2.35. The molecule has 2 atom stereocenters. The number of aryl methyl sites for hydroxylation is 2. The van der Waals surface area contributed by atoms with E-state index in [1.165, 1.54) is 4.90 Å². The number of carbonyl (C=O) groups excluding carboxylic acids is 2. The second kappa shape index (κ2) is 8.73. The molecule has 1 N–H and O–H groups in total. The van der Waals surface area contributed by atoms with Crippen LogP contribution in [0.1, 0.15) is 36.1 Å². The quantitative estimate of drug-likeness (QED) is 0.763. The Hall–Kier alpha value is -2.45. The molecule has 2 amide bonds. The van der Waals surface area contributed by atoms with Gasteiger partial charge in [0.25, 0.3) is 5.91 Å². The van der Waals surface area contributed by atoms with Crippen molar-refractivity contribution in [2.45, 2.75) is 52.2 Å². The van der Waals surface area contributed by atoms with Gasteiger partial charge in [-0.15, -0.1) is 11.3 Å². The number of hydrogen-bond donors (Lipinski definition) is 1. The average molecular weight is 430 g/mol. The summed E-state index contributed by atoms with van der Waals surface area (Å²) in [5.41, 5.74) is 2.42. The standard InChI is InChI=1S/C22H27N3O4S/c1-4-18-22(27)25(12-20(26)23-11-16-6-5-9-28-16)17-10-15(7-8-19(17)29-18)21-13(2)30-14(3)24-21/h7-8,10,16,18H,4-6,9,11-12H2,1-3H3,(H,23,26). The fraction of sp³-hybridized carbons (Fsp3) is 0.500. The molecule has 2 aliphatic heterocycles. The predicted molar refractivity (Wildman–Crippen MR) is 116 cm³/mol. The van der Waals surface area contributed by atoms with Crippen molar-refractivity contribution in [3.8, 4) is 17.0 Å². The van der Waals surface area contributed by atoms with E-state index in [0.29, 0.717) is 24.4 Å². The van der Waals surface area contributed by atoms with E-state index in [4.69, 9.17) is 9.47 Å². The molecular formula is C22H27N3O4S. The van der Waals surface area contributed by atoms with Crippen LogP contribution in [0.25, 0.3) is 11.3 Å². The fourth-order valence-corrected chi connectivity index (χ4v) is 4.76. The number of aromatic nitrogens is 1. The molecule has 2 aliphatic rings. The van der Waals surface area contributed by atoms with Crippen molar-refractivity contribution >= 4 is 28.8 Å². The van der Waals surface area contributed by atoms with Gasteiger partial charge in [-0.25, -0.2) is 4.98 Å². The van der Waals surface area contributed by atoms with E-state index in [-0.39, 0.29) is 24.5 Å². The van der Waals surface area contributed by atoms with Gasteiger partial charge in [-0.1, -0.05) is 6.92 Å². The number of amides is 2. The lowest BCUT2D eigenvalue weighted by Gasteiger charge is -2.34. The summed E-state index contributed by atoms with van der Waals surface area (Å²) >= 11 is 1.64. The van der Waals surface area contributed by atoms with Crippen molar-refractivity contribution in [2.75, 3.05) is 24.6 Å². The predicted octanol–water partition coefficient (Wildman–Crippen LogP) is 3.23. The first kappa shape index (κ1) is 20.8. The third-order valence-electron chi connectivity index (χ3n) is 5.46. The Bertz CT molecular complexity index is 952. The molecule has 1 saturated heterocycles. The Morgan fingerprint density at radius 1 is 1.37 bits per heavy atom. The van der Waals surface area contributed by atoms with E-state index in [1.54, 1.807) is 11.3 Å². The van der Waals surface area contributed by atoms with Gasteiger partial charge in [0.05, 0.1) is 22.5 Å². The van der Waals surface area contributed by atoms with Crippen molar-refractivity contribution < 1.29 is 19.1 Å². The summed E-state index contributed by atoms with van der Waals surface area (Å²) in [7, 11) is 0. The third-order valence-corrected chi connectivity index (χ3v) is 6.35. The lowest BCUT2D eigenvalue weighted by Crippen LogP contribution is -2.50. The molecule has 2 aromatic rings. The molecule has 1 aromatic carbocycles. The molecule has 7 nitrogen and oxygen atoms in total. The summed E-state index contributed by atoms with van der Waals surface area (Å²) in [4.78, 5) is 32.9. The van der Waals surface area contributed by atoms with E-state index in [9.17, 15) is 9.59 Å². The van der Waals surface area contributed by atoms with Crippen LogP contribution in [0.3, 0.4) is 0 Å². The van der Waals surface area contributed by atoms with Gasteiger partial charge in [0.2, 0.25) is 5.91 Å². The summed E-state index contributed by atoms with van der Waals surface area (Å²) in [6.07, 6.45) is 1.99. The van der Waals surface area contributed by atoms with Crippen molar-refractivity contribution in [3.63, 3.8) is 0 Å². The summed E-state index contributed by atoms with van der Waals surface area (Å²) in [5, 5.41) is 3.90. The summed E-state index contributed by atoms with van der Waals surface area (Å²) in [6, 6.07) is 5.72. The highest BCUT2D eigenvalue weighted by Crippen LogP contribution is 2.39. The van der Waals surface area contributed by atoms with Crippen LogP contribution in [-0.4, -0.2) is 48.7 Å². The summed E-state index contributed by atoms with van der Waals surface area (Å²) in [6.45, 7) is 7.08. The van der Waals surface area contributed by atoms with Crippen LogP contribution in [0.15, 0.2) is 18.2 Å². The van der Waals surface area contributed by atoms with E-state index in [2.05, 4.69) is 10.3 Å². The number of rotatable bonds is 6. The van der Waals surface area contributed by atoms with Gasteiger partial charge in [-0.3, -0.25) is 14.5 Å². The molecule has 0 spiro atoms. The number of hydrogen-bond acceptors (Lipinski definition) is 6. The van der Waals surface area contributed by atoms with Gasteiger partial charge in [-0.2, -0.15) is 0 Å². The minimum atomic E-state index is -0.586. The molecule has 160 valence electrons. The number of benzene rings is 1. The maximum absolute atomic E-state index is 13.0. The summed E-state index contributed by atoms with van der Waals surface area (Å²) in [5.74, 6) is 0.218. The molecule has 1 fully saturated rings. The first-order valence-electron chi connectivity index (χ1n) is 10.4. The molecule has 3 heterocycles. The topological polar surface area (TPSA) is 80.8 Å². The van der Waals surface area contributed by atoms with Crippen molar-refractivity contribution in [1.82, 2.24) is 10.3 Å². The molecule has 4 rings (SSSR count). The second-order valence-corrected chi connectivity index (χ2v) is 9.11. The molecule has 2 unspecified atom stereocenters. The molecule has 0 aliphatic carbocycles. The SMILES string of the molecule is CCC1Oc2ccc(-c3nc(C)sc3C)cc2N(CC(=O)NCC2CCCO2)C1=O. The normalized spacial score (nSPS) is 20.8. The minimum Gasteiger partial charge on any atom is -0.478 e. The van der Waals surface area contributed by atoms with E-state index < -0.39 is 6.10 Å². The van der Waals surface area contributed by atoms with Crippen molar-refractivity contribution in [3.05, 3.63) is 28.1 Å². The smallest absolute Gasteiger partial charge is 0.268 e. The molecule has 30 heavy (non-hydrogen) atoms. The highest BCUT2D eigenvalue weighted by molar-refractivity contribution is 7.11. The molecule has 1 aromatic heterocycles. The Kier molecular flexibility index (Phi) is 6.06. The van der Waals surface area contributed by atoms with Crippen molar-refractivity contribution in [1.29, 1.82) is 0 Å². The molecule has 0 radical (unpaired) electrons. The monoisotopic (exact) mass is 429 g/mol. The Morgan fingerprint density at radius 2 is 2.20 bits per heavy atom. The number of thiazole rings is 1. The lowest BCUT2D eigenvalue weighted by molar-refractivity contribution is -0.129. The maximum atomic E-state index is 13.0.